The van der Waals surface area contributed by atoms with Gasteiger partial charge >= 0.3 is 0 Å². The highest BCUT2D eigenvalue weighted by Crippen LogP contribution is 2.41. The molecule has 1 aliphatic carbocycles. The second kappa shape index (κ2) is 6.33. The van der Waals surface area contributed by atoms with E-state index in [1.165, 1.54) is 11.8 Å². The predicted octanol–water partition coefficient (Wildman–Crippen LogP) is 3.40. The summed E-state index contributed by atoms with van der Waals surface area (Å²) in [5.74, 6) is 0.334. The van der Waals surface area contributed by atoms with Gasteiger partial charge in [0.1, 0.15) is 11.6 Å². The standard InChI is InChI=1S/C18H16FN5S/c19-13-9-10(1-4-15(13)25-11-5-7-22-8-6-11)12-2-3-14-16(12)17(20)24-18(21)23-14/h1,4-9,12H,2-3H2,(H4,20,21,23,24). The molecule has 2 aromatic heterocycles. The van der Waals surface area contributed by atoms with Crippen LogP contribution >= 0.6 is 11.8 Å². The first-order valence-electron chi connectivity index (χ1n) is 7.91. The number of benzene rings is 1. The molecule has 2 heterocycles. The van der Waals surface area contributed by atoms with Crippen molar-refractivity contribution in [3.05, 3.63) is 65.4 Å². The smallest absolute Gasteiger partial charge is 0.222 e. The number of halogens is 1. The molecule has 0 saturated carbocycles. The molecule has 25 heavy (non-hydrogen) atoms. The summed E-state index contributed by atoms with van der Waals surface area (Å²) in [5, 5.41) is 0. The van der Waals surface area contributed by atoms with Gasteiger partial charge in [0.25, 0.3) is 0 Å². The molecular weight excluding hydrogens is 337 g/mol. The van der Waals surface area contributed by atoms with Crippen LogP contribution in [0.4, 0.5) is 16.2 Å². The lowest BCUT2D eigenvalue weighted by Crippen LogP contribution is -2.07. The maximum Gasteiger partial charge on any atom is 0.222 e. The molecule has 0 fully saturated rings. The summed E-state index contributed by atoms with van der Waals surface area (Å²) in [4.78, 5) is 13.8. The first-order valence-corrected chi connectivity index (χ1v) is 8.72. The van der Waals surface area contributed by atoms with Gasteiger partial charge < -0.3 is 11.5 Å². The van der Waals surface area contributed by atoms with Gasteiger partial charge in [-0.25, -0.2) is 9.37 Å². The average molecular weight is 353 g/mol. The van der Waals surface area contributed by atoms with Crippen LogP contribution in [0.3, 0.4) is 0 Å². The molecule has 1 aliphatic rings. The number of nitrogens with two attached hydrogens (primary N) is 2. The molecule has 0 amide bonds. The van der Waals surface area contributed by atoms with Crippen LogP contribution in [0, 0.1) is 5.82 Å². The highest BCUT2D eigenvalue weighted by molar-refractivity contribution is 7.99. The normalized spacial score (nSPS) is 16.0. The Hall–Kier alpha value is -2.67. The van der Waals surface area contributed by atoms with Gasteiger partial charge in [-0.15, -0.1) is 0 Å². The first kappa shape index (κ1) is 15.8. The molecule has 126 valence electrons. The van der Waals surface area contributed by atoms with Crippen molar-refractivity contribution in [2.24, 2.45) is 0 Å². The Labute approximate surface area is 148 Å². The fraction of sp³-hybridized carbons (Fsp3) is 0.167. The summed E-state index contributed by atoms with van der Waals surface area (Å²) in [7, 11) is 0. The van der Waals surface area contributed by atoms with E-state index in [-0.39, 0.29) is 17.7 Å². The van der Waals surface area contributed by atoms with Crippen molar-refractivity contribution in [3.63, 3.8) is 0 Å². The number of hydrogen-bond acceptors (Lipinski definition) is 6. The molecule has 0 radical (unpaired) electrons. The molecule has 1 atom stereocenters. The zero-order valence-corrected chi connectivity index (χ0v) is 14.1. The Morgan fingerprint density at radius 3 is 2.64 bits per heavy atom. The molecule has 7 heteroatoms. The zero-order chi connectivity index (χ0) is 17.4. The van der Waals surface area contributed by atoms with E-state index in [4.69, 9.17) is 11.5 Å². The van der Waals surface area contributed by atoms with Crippen LogP contribution < -0.4 is 11.5 Å². The van der Waals surface area contributed by atoms with Crippen LogP contribution in [0.2, 0.25) is 0 Å². The monoisotopic (exact) mass is 353 g/mol. The maximum atomic E-state index is 14.6. The molecule has 1 aromatic carbocycles. The Morgan fingerprint density at radius 1 is 1.08 bits per heavy atom. The summed E-state index contributed by atoms with van der Waals surface area (Å²) in [6.07, 6.45) is 4.98. The minimum Gasteiger partial charge on any atom is -0.383 e. The number of pyridine rings is 1. The highest BCUT2D eigenvalue weighted by atomic mass is 32.2. The fourth-order valence-corrected chi connectivity index (χ4v) is 4.04. The van der Waals surface area contributed by atoms with Crippen molar-refractivity contribution >= 4 is 23.5 Å². The van der Waals surface area contributed by atoms with Gasteiger partial charge in [-0.3, -0.25) is 4.98 Å². The molecule has 0 aliphatic heterocycles. The van der Waals surface area contributed by atoms with Crippen LogP contribution in [0.5, 0.6) is 0 Å². The van der Waals surface area contributed by atoms with Gasteiger partial charge in [-0.2, -0.15) is 4.98 Å². The van der Waals surface area contributed by atoms with E-state index in [9.17, 15) is 4.39 Å². The van der Waals surface area contributed by atoms with Crippen LogP contribution in [-0.4, -0.2) is 15.0 Å². The van der Waals surface area contributed by atoms with Crippen molar-refractivity contribution < 1.29 is 4.39 Å². The molecule has 3 aromatic rings. The molecule has 4 N–H and O–H groups in total. The predicted molar refractivity (Wildman–Crippen MR) is 95.8 cm³/mol. The van der Waals surface area contributed by atoms with E-state index in [1.54, 1.807) is 18.5 Å². The van der Waals surface area contributed by atoms with E-state index in [1.807, 2.05) is 24.3 Å². The highest BCUT2D eigenvalue weighted by Gasteiger charge is 2.29. The summed E-state index contributed by atoms with van der Waals surface area (Å²) in [5.41, 5.74) is 14.3. The minimum absolute atomic E-state index is 0.00470. The van der Waals surface area contributed by atoms with Gasteiger partial charge in [-0.1, -0.05) is 17.8 Å². The number of hydrogen-bond donors (Lipinski definition) is 2. The average Bonchev–Trinajstić information content (AvgIpc) is 3.02. The van der Waals surface area contributed by atoms with Gasteiger partial charge in [0, 0.05) is 33.7 Å². The largest absolute Gasteiger partial charge is 0.383 e. The maximum absolute atomic E-state index is 14.6. The van der Waals surface area contributed by atoms with Crippen molar-refractivity contribution in [3.8, 4) is 0 Å². The van der Waals surface area contributed by atoms with E-state index in [0.717, 1.165) is 34.6 Å². The van der Waals surface area contributed by atoms with Crippen molar-refractivity contribution in [1.82, 2.24) is 15.0 Å². The van der Waals surface area contributed by atoms with Crippen LogP contribution in [0.15, 0.2) is 52.5 Å². The van der Waals surface area contributed by atoms with Crippen molar-refractivity contribution in [2.75, 3.05) is 11.5 Å². The lowest BCUT2D eigenvalue weighted by Gasteiger charge is -2.15. The SMILES string of the molecule is Nc1nc(N)c2c(n1)CCC2c1ccc(Sc2ccncc2)c(F)c1. The van der Waals surface area contributed by atoms with Gasteiger partial charge in [0.15, 0.2) is 0 Å². The van der Waals surface area contributed by atoms with E-state index >= 15 is 0 Å². The third-order valence-electron chi connectivity index (χ3n) is 4.33. The molecule has 0 spiro atoms. The van der Waals surface area contributed by atoms with Crippen molar-refractivity contribution in [2.45, 2.75) is 28.6 Å². The van der Waals surface area contributed by atoms with E-state index in [0.29, 0.717) is 10.7 Å². The lowest BCUT2D eigenvalue weighted by atomic mass is 9.94. The molecule has 0 saturated heterocycles. The van der Waals surface area contributed by atoms with Crippen LogP contribution in [0.25, 0.3) is 0 Å². The molecule has 4 rings (SSSR count). The van der Waals surface area contributed by atoms with Gasteiger partial charge in [0.05, 0.1) is 5.69 Å². The Balaban J connectivity index is 1.65. The molecule has 5 nitrogen and oxygen atoms in total. The van der Waals surface area contributed by atoms with Crippen LogP contribution in [0.1, 0.15) is 29.2 Å². The fourth-order valence-electron chi connectivity index (χ4n) is 3.23. The Kier molecular flexibility index (Phi) is 4.01. The minimum atomic E-state index is -0.248. The Morgan fingerprint density at radius 2 is 1.88 bits per heavy atom. The zero-order valence-electron chi connectivity index (χ0n) is 13.3. The number of nitrogens with zero attached hydrogens (tertiary/aromatic N) is 3. The first-order chi connectivity index (χ1) is 12.1. The molecule has 0 bridgehead atoms. The number of aromatic nitrogens is 3. The molecular formula is C18H16FN5S. The number of nitrogen functional groups attached to an aromatic ring is 2. The van der Waals surface area contributed by atoms with E-state index < -0.39 is 0 Å². The summed E-state index contributed by atoms with van der Waals surface area (Å²) in [6.45, 7) is 0. The van der Waals surface area contributed by atoms with Gasteiger partial charge in [-0.05, 0) is 42.7 Å². The molecule has 1 unspecified atom stereocenters. The quantitative estimate of drug-likeness (QED) is 0.750. The van der Waals surface area contributed by atoms with Crippen LogP contribution in [-0.2, 0) is 6.42 Å². The second-order valence-electron chi connectivity index (χ2n) is 5.89. The number of rotatable bonds is 3. The second-order valence-corrected chi connectivity index (χ2v) is 7.01. The summed E-state index contributed by atoms with van der Waals surface area (Å²) >= 11 is 1.38. The lowest BCUT2D eigenvalue weighted by molar-refractivity contribution is 0.597. The Bertz CT molecular complexity index is 932. The van der Waals surface area contributed by atoms with E-state index in [2.05, 4.69) is 15.0 Å². The number of aryl methyl sites for hydroxylation is 1. The third kappa shape index (κ3) is 3.02. The van der Waals surface area contributed by atoms with Crippen molar-refractivity contribution in [1.29, 1.82) is 0 Å². The third-order valence-corrected chi connectivity index (χ3v) is 5.38. The topological polar surface area (TPSA) is 90.7 Å². The van der Waals surface area contributed by atoms with Gasteiger partial charge in [0.2, 0.25) is 5.95 Å². The summed E-state index contributed by atoms with van der Waals surface area (Å²) < 4.78 is 14.6. The number of fused-ring (bicyclic) bond motifs is 1. The summed E-state index contributed by atoms with van der Waals surface area (Å²) in [6, 6.07) is 9.05. The number of anilines is 2.